The molecule has 2 saturated heterocycles. The predicted octanol–water partition coefficient (Wildman–Crippen LogP) is -1.25. The van der Waals surface area contributed by atoms with E-state index >= 15 is 0 Å². The summed E-state index contributed by atoms with van der Waals surface area (Å²) < 4.78 is 7.25. The number of H-pyrrole nitrogens is 1. The summed E-state index contributed by atoms with van der Waals surface area (Å²) in [7, 11) is 1.57. The van der Waals surface area contributed by atoms with Crippen LogP contribution in [-0.4, -0.2) is 54.7 Å². The number of amides is 1. The van der Waals surface area contributed by atoms with Gasteiger partial charge in [0, 0.05) is 23.2 Å². The van der Waals surface area contributed by atoms with Crippen molar-refractivity contribution in [3.63, 3.8) is 0 Å². The molecule has 1 aromatic rings. The smallest absolute Gasteiger partial charge is 0.330 e. The molecule has 0 radical (unpaired) electrons. The predicted molar refractivity (Wildman–Crippen MR) is 80.4 cm³/mol. The number of morpholine rings is 1. The lowest BCUT2D eigenvalue weighted by Gasteiger charge is -2.34. The third-order valence-electron chi connectivity index (χ3n) is 4.17. The summed E-state index contributed by atoms with van der Waals surface area (Å²) in [4.78, 5) is 39.2. The fourth-order valence-electron chi connectivity index (χ4n) is 2.96. The van der Waals surface area contributed by atoms with Gasteiger partial charge in [-0.1, -0.05) is 22.6 Å². The van der Waals surface area contributed by atoms with Crippen LogP contribution in [-0.2, 0) is 9.53 Å². The zero-order valence-corrected chi connectivity index (χ0v) is 13.5. The summed E-state index contributed by atoms with van der Waals surface area (Å²) in [6, 6.07) is -0.657. The number of nitrogens with zero attached hydrogens (tertiary/aromatic N) is 2. The third-order valence-corrected chi connectivity index (χ3v) is 5.31. The van der Waals surface area contributed by atoms with E-state index in [2.05, 4.69) is 4.98 Å². The summed E-state index contributed by atoms with van der Waals surface area (Å²) in [6.45, 7) is 1.57. The minimum absolute atomic E-state index is 0.277. The SMILES string of the molecule is Cc1cn([C@@H]2O[C@]3(CI)C(=O)N(C)C2C3O)c(=O)[nH]c1=O. The van der Waals surface area contributed by atoms with E-state index in [0.29, 0.717) is 5.56 Å². The molecule has 2 N–H and O–H groups in total. The van der Waals surface area contributed by atoms with Crippen LogP contribution < -0.4 is 11.2 Å². The molecule has 3 rings (SSSR count). The van der Waals surface area contributed by atoms with Crippen molar-refractivity contribution in [3.05, 3.63) is 32.6 Å². The van der Waals surface area contributed by atoms with E-state index in [4.69, 9.17) is 4.74 Å². The number of aryl methyl sites for hydroxylation is 1. The molecule has 2 fully saturated rings. The number of nitrogens with one attached hydrogen (secondary N) is 1. The minimum atomic E-state index is -1.33. The number of ether oxygens (including phenoxy) is 1. The van der Waals surface area contributed by atoms with Crippen molar-refractivity contribution in [2.45, 2.75) is 30.9 Å². The number of likely N-dealkylation sites (tertiary alicyclic amines) is 1. The summed E-state index contributed by atoms with van der Waals surface area (Å²) in [6.07, 6.45) is -0.449. The average molecular weight is 407 g/mol. The molecule has 2 bridgehead atoms. The molecule has 0 spiro atoms. The highest BCUT2D eigenvalue weighted by Gasteiger charge is 2.68. The number of aromatic amines is 1. The molecule has 4 atom stereocenters. The lowest BCUT2D eigenvalue weighted by atomic mass is 10.0. The van der Waals surface area contributed by atoms with Crippen molar-refractivity contribution < 1.29 is 14.6 Å². The molecule has 0 aromatic carbocycles. The molecule has 2 aliphatic heterocycles. The molecule has 21 heavy (non-hydrogen) atoms. The first-order chi connectivity index (χ1) is 9.83. The first-order valence-electron chi connectivity index (χ1n) is 6.34. The van der Waals surface area contributed by atoms with E-state index in [1.165, 1.54) is 15.7 Å². The monoisotopic (exact) mass is 407 g/mol. The van der Waals surface area contributed by atoms with Crippen LogP contribution in [0.3, 0.4) is 0 Å². The lowest BCUT2D eigenvalue weighted by molar-refractivity contribution is -0.170. The van der Waals surface area contributed by atoms with Crippen LogP contribution in [0, 0.1) is 6.92 Å². The van der Waals surface area contributed by atoms with Crippen LogP contribution in [0.2, 0.25) is 0 Å². The van der Waals surface area contributed by atoms with Gasteiger partial charge >= 0.3 is 5.69 Å². The van der Waals surface area contributed by atoms with Crippen LogP contribution in [0.15, 0.2) is 15.8 Å². The summed E-state index contributed by atoms with van der Waals surface area (Å²) in [5.41, 5.74) is -2.06. The molecule has 1 amide bonds. The first-order valence-corrected chi connectivity index (χ1v) is 7.87. The van der Waals surface area contributed by atoms with Gasteiger partial charge in [-0.3, -0.25) is 19.1 Å². The minimum Gasteiger partial charge on any atom is -0.387 e. The van der Waals surface area contributed by atoms with E-state index in [1.807, 2.05) is 22.6 Å². The molecule has 9 heteroatoms. The Morgan fingerprint density at radius 3 is 2.71 bits per heavy atom. The van der Waals surface area contributed by atoms with Crippen molar-refractivity contribution in [1.82, 2.24) is 14.5 Å². The van der Waals surface area contributed by atoms with Gasteiger partial charge in [0.05, 0.1) is 0 Å². The number of rotatable bonds is 2. The highest BCUT2D eigenvalue weighted by Crippen LogP contribution is 2.47. The van der Waals surface area contributed by atoms with Crippen molar-refractivity contribution in [1.29, 1.82) is 0 Å². The van der Waals surface area contributed by atoms with Gasteiger partial charge in [0.25, 0.3) is 11.5 Å². The maximum absolute atomic E-state index is 12.2. The van der Waals surface area contributed by atoms with Crippen LogP contribution in [0.5, 0.6) is 0 Å². The number of hydrogen-bond acceptors (Lipinski definition) is 5. The number of carbonyl (C=O) groups excluding carboxylic acids is 1. The first kappa shape index (κ1) is 14.7. The van der Waals surface area contributed by atoms with Gasteiger partial charge in [0.15, 0.2) is 11.8 Å². The van der Waals surface area contributed by atoms with Crippen LogP contribution in [0.1, 0.15) is 11.8 Å². The average Bonchev–Trinajstić information content (AvgIpc) is 2.83. The Kier molecular flexibility index (Phi) is 3.26. The molecule has 114 valence electrons. The molecule has 8 nitrogen and oxygen atoms in total. The van der Waals surface area contributed by atoms with Crippen LogP contribution in [0.25, 0.3) is 0 Å². The Hall–Kier alpha value is -1.20. The Balaban J connectivity index is 2.12. The van der Waals surface area contributed by atoms with Gasteiger partial charge in [-0.25, -0.2) is 4.79 Å². The van der Waals surface area contributed by atoms with Gasteiger partial charge in [0.2, 0.25) is 0 Å². The normalized spacial score (nSPS) is 34.8. The Bertz CT molecular complexity index is 728. The molecule has 0 aliphatic carbocycles. The summed E-state index contributed by atoms with van der Waals surface area (Å²) >= 11 is 1.98. The van der Waals surface area contributed by atoms with Gasteiger partial charge in [0.1, 0.15) is 12.1 Å². The topological polar surface area (TPSA) is 105 Å². The Morgan fingerprint density at radius 1 is 1.48 bits per heavy atom. The molecule has 2 aliphatic rings. The number of aliphatic hydroxyl groups is 1. The van der Waals surface area contributed by atoms with Crippen LogP contribution in [0.4, 0.5) is 0 Å². The second kappa shape index (κ2) is 4.65. The van der Waals surface area contributed by atoms with Crippen molar-refractivity contribution in [3.8, 4) is 0 Å². The highest BCUT2D eigenvalue weighted by atomic mass is 127. The van der Waals surface area contributed by atoms with Crippen molar-refractivity contribution in [2.24, 2.45) is 0 Å². The zero-order chi connectivity index (χ0) is 15.5. The number of alkyl halides is 1. The van der Waals surface area contributed by atoms with Gasteiger partial charge < -0.3 is 14.7 Å². The fraction of sp³-hybridized carbons (Fsp3) is 0.583. The number of likely N-dealkylation sites (N-methyl/N-ethyl adjacent to an activating group) is 1. The molecular formula is C12H14IN3O5. The highest BCUT2D eigenvalue weighted by molar-refractivity contribution is 14.1. The third kappa shape index (κ3) is 1.77. The zero-order valence-electron chi connectivity index (χ0n) is 11.4. The van der Waals surface area contributed by atoms with Crippen LogP contribution >= 0.6 is 22.6 Å². The second-order valence-corrected chi connectivity index (χ2v) is 6.12. The lowest BCUT2D eigenvalue weighted by Crippen LogP contribution is -2.51. The summed E-state index contributed by atoms with van der Waals surface area (Å²) in [5.74, 6) is -0.292. The molecule has 0 saturated carbocycles. The van der Waals surface area contributed by atoms with Gasteiger partial charge in [-0.05, 0) is 6.92 Å². The number of fused-ring (bicyclic) bond motifs is 2. The molecule has 3 heterocycles. The maximum Gasteiger partial charge on any atom is 0.330 e. The number of halogens is 1. The fourth-order valence-corrected chi connectivity index (χ4v) is 3.92. The molecule has 2 unspecified atom stereocenters. The Morgan fingerprint density at radius 2 is 2.14 bits per heavy atom. The van der Waals surface area contributed by atoms with E-state index in [0.717, 1.165) is 0 Å². The van der Waals surface area contributed by atoms with Crippen molar-refractivity contribution >= 4 is 28.5 Å². The molecule has 1 aromatic heterocycles. The summed E-state index contributed by atoms with van der Waals surface area (Å²) in [5, 5.41) is 10.4. The van der Waals surface area contributed by atoms with Gasteiger partial charge in [-0.2, -0.15) is 0 Å². The standard InChI is InChI=1S/C12H14IN3O5/c1-5-3-16(11(20)14-8(5)18)9-6-7(17)12(4-13,21-9)10(19)15(6)2/h3,6-7,9,17H,4H2,1-2H3,(H,14,18,20)/t6?,7?,9-,12+/m1/s1. The Labute approximate surface area is 132 Å². The number of aliphatic hydroxyl groups excluding tert-OH is 1. The van der Waals surface area contributed by atoms with Crippen molar-refractivity contribution in [2.75, 3.05) is 11.5 Å². The largest absolute Gasteiger partial charge is 0.387 e. The number of carbonyl (C=O) groups is 1. The van der Waals surface area contributed by atoms with E-state index < -0.39 is 35.2 Å². The van der Waals surface area contributed by atoms with Gasteiger partial charge in [-0.15, -0.1) is 0 Å². The maximum atomic E-state index is 12.2. The van der Waals surface area contributed by atoms with E-state index in [-0.39, 0.29) is 10.3 Å². The van der Waals surface area contributed by atoms with E-state index in [9.17, 15) is 19.5 Å². The number of aromatic nitrogens is 2. The van der Waals surface area contributed by atoms with E-state index in [1.54, 1.807) is 14.0 Å². The quantitative estimate of drug-likeness (QED) is 0.471. The number of hydrogen-bond donors (Lipinski definition) is 2. The second-order valence-electron chi connectivity index (χ2n) is 5.36. The molecular weight excluding hydrogens is 393 g/mol.